The van der Waals surface area contributed by atoms with Crippen molar-refractivity contribution in [2.24, 2.45) is 0 Å². The van der Waals surface area contributed by atoms with Crippen LogP contribution in [0, 0.1) is 0 Å². The molecule has 122 valence electrons. The minimum atomic E-state index is 0.354. The molecule has 0 bridgehead atoms. The molecule has 0 saturated heterocycles. The zero-order chi connectivity index (χ0) is 16.1. The Balaban J connectivity index is 1.84. The first-order valence-corrected chi connectivity index (χ1v) is 8.93. The van der Waals surface area contributed by atoms with Crippen LogP contribution < -0.4 is 10.2 Å². The summed E-state index contributed by atoms with van der Waals surface area (Å²) in [7, 11) is 0. The Labute approximate surface area is 140 Å². The number of hydrogen-bond donors (Lipinski definition) is 1. The Morgan fingerprint density at radius 2 is 1.74 bits per heavy atom. The molecule has 1 N–H and O–H groups in total. The van der Waals surface area contributed by atoms with E-state index in [0.29, 0.717) is 12.2 Å². The van der Waals surface area contributed by atoms with Gasteiger partial charge in [0.1, 0.15) is 0 Å². The second kappa shape index (κ2) is 7.65. The Hall–Kier alpha value is -1.80. The maximum absolute atomic E-state index is 3.68. The molecule has 1 aliphatic rings. The van der Waals surface area contributed by atoms with Gasteiger partial charge in [0, 0.05) is 11.7 Å². The standard InChI is InChI=1S/C21H28N2/c1-3-15-22-17(2)23(20-11-5-4-6-12-20)21-14-13-18-9-7-8-10-19(18)16-21/h4-12,17,21-22H,3,13-16H2,1-2H3. The van der Waals surface area contributed by atoms with E-state index in [1.807, 2.05) is 0 Å². The van der Waals surface area contributed by atoms with Gasteiger partial charge >= 0.3 is 0 Å². The molecule has 2 aromatic rings. The quantitative estimate of drug-likeness (QED) is 0.796. The highest BCUT2D eigenvalue weighted by Gasteiger charge is 2.27. The van der Waals surface area contributed by atoms with Gasteiger partial charge in [-0.25, -0.2) is 0 Å². The second-order valence-electron chi connectivity index (χ2n) is 6.54. The Morgan fingerprint density at radius 3 is 2.48 bits per heavy atom. The van der Waals surface area contributed by atoms with E-state index in [2.05, 4.69) is 78.7 Å². The summed E-state index contributed by atoms with van der Waals surface area (Å²) in [6, 6.07) is 20.4. The summed E-state index contributed by atoms with van der Waals surface area (Å²) in [6.07, 6.45) is 5.07. The summed E-state index contributed by atoms with van der Waals surface area (Å²) in [4.78, 5) is 2.59. The van der Waals surface area contributed by atoms with Gasteiger partial charge < -0.3 is 4.90 Å². The van der Waals surface area contributed by atoms with Gasteiger partial charge in [-0.05, 0) is 62.4 Å². The monoisotopic (exact) mass is 308 g/mol. The van der Waals surface area contributed by atoms with Crippen molar-refractivity contribution in [3.05, 3.63) is 65.7 Å². The molecule has 0 aliphatic heterocycles. The largest absolute Gasteiger partial charge is 0.353 e. The molecule has 0 saturated carbocycles. The van der Waals surface area contributed by atoms with Gasteiger partial charge in [-0.2, -0.15) is 0 Å². The van der Waals surface area contributed by atoms with E-state index < -0.39 is 0 Å². The van der Waals surface area contributed by atoms with Crippen LogP contribution in [0.5, 0.6) is 0 Å². The maximum Gasteiger partial charge on any atom is 0.0770 e. The number of nitrogens with zero attached hydrogens (tertiary/aromatic N) is 1. The van der Waals surface area contributed by atoms with Crippen molar-refractivity contribution in [3.63, 3.8) is 0 Å². The Kier molecular flexibility index (Phi) is 5.35. The zero-order valence-electron chi connectivity index (χ0n) is 14.3. The van der Waals surface area contributed by atoms with Crippen LogP contribution in [0.3, 0.4) is 0 Å². The topological polar surface area (TPSA) is 15.3 Å². The number of benzene rings is 2. The van der Waals surface area contributed by atoms with Crippen LogP contribution >= 0.6 is 0 Å². The van der Waals surface area contributed by atoms with Gasteiger partial charge in [-0.3, -0.25) is 5.32 Å². The molecule has 0 heterocycles. The van der Waals surface area contributed by atoms with E-state index in [4.69, 9.17) is 0 Å². The second-order valence-corrected chi connectivity index (χ2v) is 6.54. The SMILES string of the molecule is CCCNC(C)N(c1ccccc1)C1CCc2ccccc2C1. The minimum Gasteiger partial charge on any atom is -0.353 e. The summed E-state index contributed by atoms with van der Waals surface area (Å²) >= 11 is 0. The van der Waals surface area contributed by atoms with E-state index in [1.165, 1.54) is 36.1 Å². The van der Waals surface area contributed by atoms with Crippen molar-refractivity contribution in [2.45, 2.75) is 51.7 Å². The molecule has 0 fully saturated rings. The molecule has 0 aromatic heterocycles. The molecule has 23 heavy (non-hydrogen) atoms. The van der Waals surface area contributed by atoms with Crippen molar-refractivity contribution < 1.29 is 0 Å². The summed E-state index contributed by atoms with van der Waals surface area (Å²) in [6.45, 7) is 5.58. The Bertz CT molecular complexity index is 608. The fourth-order valence-corrected chi connectivity index (χ4v) is 3.72. The number of para-hydroxylation sites is 1. The fourth-order valence-electron chi connectivity index (χ4n) is 3.72. The first-order chi connectivity index (χ1) is 11.3. The third kappa shape index (κ3) is 3.76. The first kappa shape index (κ1) is 16.1. The number of aryl methyl sites for hydroxylation is 1. The van der Waals surface area contributed by atoms with Crippen LogP contribution in [0.4, 0.5) is 5.69 Å². The predicted octanol–water partition coefficient (Wildman–Crippen LogP) is 4.40. The van der Waals surface area contributed by atoms with E-state index >= 15 is 0 Å². The molecule has 2 unspecified atom stereocenters. The van der Waals surface area contributed by atoms with E-state index in [0.717, 1.165) is 13.0 Å². The number of rotatable bonds is 6. The minimum absolute atomic E-state index is 0.354. The molecule has 0 amide bonds. The summed E-state index contributed by atoms with van der Waals surface area (Å²) in [5.41, 5.74) is 4.38. The highest BCUT2D eigenvalue weighted by Crippen LogP contribution is 2.29. The number of fused-ring (bicyclic) bond motifs is 1. The number of hydrogen-bond acceptors (Lipinski definition) is 2. The average Bonchev–Trinajstić information content (AvgIpc) is 2.61. The van der Waals surface area contributed by atoms with Gasteiger partial charge in [0.15, 0.2) is 0 Å². The normalized spacial score (nSPS) is 18.3. The molecular formula is C21H28N2. The predicted molar refractivity (Wildman–Crippen MR) is 98.9 cm³/mol. The molecule has 2 aromatic carbocycles. The van der Waals surface area contributed by atoms with Crippen LogP contribution in [-0.2, 0) is 12.8 Å². The lowest BCUT2D eigenvalue weighted by Crippen LogP contribution is -2.51. The average molecular weight is 308 g/mol. The lowest BCUT2D eigenvalue weighted by atomic mass is 9.87. The molecule has 2 heteroatoms. The van der Waals surface area contributed by atoms with Crippen molar-refractivity contribution in [1.82, 2.24) is 5.32 Å². The van der Waals surface area contributed by atoms with Crippen molar-refractivity contribution >= 4 is 5.69 Å². The number of nitrogens with one attached hydrogen (secondary N) is 1. The highest BCUT2D eigenvalue weighted by atomic mass is 15.3. The van der Waals surface area contributed by atoms with Crippen molar-refractivity contribution in [1.29, 1.82) is 0 Å². The van der Waals surface area contributed by atoms with Crippen LogP contribution in [0.25, 0.3) is 0 Å². The molecule has 0 spiro atoms. The van der Waals surface area contributed by atoms with E-state index in [9.17, 15) is 0 Å². The molecule has 2 nitrogen and oxygen atoms in total. The summed E-state index contributed by atoms with van der Waals surface area (Å²) in [5, 5.41) is 3.68. The summed E-state index contributed by atoms with van der Waals surface area (Å²) in [5.74, 6) is 0. The lowest BCUT2D eigenvalue weighted by Gasteiger charge is -2.41. The third-order valence-electron chi connectivity index (χ3n) is 4.88. The van der Waals surface area contributed by atoms with Gasteiger partial charge in [0.25, 0.3) is 0 Å². The molecule has 1 aliphatic carbocycles. The zero-order valence-corrected chi connectivity index (χ0v) is 14.3. The van der Waals surface area contributed by atoms with Crippen LogP contribution in [0.1, 0.15) is 37.8 Å². The lowest BCUT2D eigenvalue weighted by molar-refractivity contribution is 0.428. The molecule has 2 atom stereocenters. The van der Waals surface area contributed by atoms with Crippen LogP contribution in [-0.4, -0.2) is 18.8 Å². The molecular weight excluding hydrogens is 280 g/mol. The van der Waals surface area contributed by atoms with E-state index in [-0.39, 0.29) is 0 Å². The van der Waals surface area contributed by atoms with Gasteiger partial charge in [-0.1, -0.05) is 49.4 Å². The highest BCUT2D eigenvalue weighted by molar-refractivity contribution is 5.49. The fraction of sp³-hybridized carbons (Fsp3) is 0.429. The first-order valence-electron chi connectivity index (χ1n) is 8.93. The molecule has 0 radical (unpaired) electrons. The van der Waals surface area contributed by atoms with Crippen LogP contribution in [0.2, 0.25) is 0 Å². The molecule has 3 rings (SSSR count). The Morgan fingerprint density at radius 1 is 1.04 bits per heavy atom. The van der Waals surface area contributed by atoms with Gasteiger partial charge in [0.05, 0.1) is 6.17 Å². The van der Waals surface area contributed by atoms with Crippen LogP contribution in [0.15, 0.2) is 54.6 Å². The van der Waals surface area contributed by atoms with Crippen molar-refractivity contribution in [3.8, 4) is 0 Å². The smallest absolute Gasteiger partial charge is 0.0770 e. The summed E-state index contributed by atoms with van der Waals surface area (Å²) < 4.78 is 0. The van der Waals surface area contributed by atoms with Crippen molar-refractivity contribution in [2.75, 3.05) is 11.4 Å². The van der Waals surface area contributed by atoms with Gasteiger partial charge in [-0.15, -0.1) is 0 Å². The van der Waals surface area contributed by atoms with E-state index in [1.54, 1.807) is 0 Å². The van der Waals surface area contributed by atoms with Gasteiger partial charge in [0.2, 0.25) is 0 Å². The maximum atomic E-state index is 3.68. The number of anilines is 1. The third-order valence-corrected chi connectivity index (χ3v) is 4.88.